The molecular formula is C16H20N2. The largest absolute Gasteiger partial charge is 0.305 e. The van der Waals surface area contributed by atoms with E-state index in [1.54, 1.807) is 0 Å². The van der Waals surface area contributed by atoms with Crippen LogP contribution in [0.3, 0.4) is 0 Å². The van der Waals surface area contributed by atoms with E-state index in [-0.39, 0.29) is 6.04 Å². The minimum atomic E-state index is 0.269. The molecule has 18 heavy (non-hydrogen) atoms. The van der Waals surface area contributed by atoms with Crippen molar-refractivity contribution in [3.63, 3.8) is 0 Å². The summed E-state index contributed by atoms with van der Waals surface area (Å²) >= 11 is 0. The van der Waals surface area contributed by atoms with Crippen LogP contribution in [0.25, 0.3) is 0 Å². The first kappa shape index (κ1) is 12.8. The molecule has 1 atom stereocenters. The molecule has 94 valence electrons. The maximum atomic E-state index is 4.37. The Morgan fingerprint density at radius 3 is 2.39 bits per heavy atom. The van der Waals surface area contributed by atoms with E-state index in [1.165, 1.54) is 16.7 Å². The smallest absolute Gasteiger partial charge is 0.0570 e. The molecule has 0 saturated heterocycles. The fraction of sp³-hybridized carbons (Fsp3) is 0.312. The molecular weight excluding hydrogens is 220 g/mol. The molecule has 0 saturated carbocycles. The van der Waals surface area contributed by atoms with Gasteiger partial charge in [-0.05, 0) is 49.6 Å². The van der Waals surface area contributed by atoms with Crippen LogP contribution in [0, 0.1) is 13.8 Å². The molecule has 0 spiro atoms. The maximum Gasteiger partial charge on any atom is 0.0570 e. The van der Waals surface area contributed by atoms with E-state index >= 15 is 0 Å². The fourth-order valence-electron chi connectivity index (χ4n) is 2.12. The van der Waals surface area contributed by atoms with Crippen molar-refractivity contribution in [1.82, 2.24) is 10.3 Å². The second kappa shape index (κ2) is 5.78. The van der Waals surface area contributed by atoms with Crippen LogP contribution >= 0.6 is 0 Å². The van der Waals surface area contributed by atoms with Gasteiger partial charge in [-0.1, -0.05) is 24.3 Å². The molecule has 0 bridgehead atoms. The lowest BCUT2D eigenvalue weighted by atomic mass is 10.0. The molecule has 2 rings (SSSR count). The van der Waals surface area contributed by atoms with Gasteiger partial charge in [0.1, 0.15) is 0 Å². The molecule has 0 amide bonds. The second-order valence-electron chi connectivity index (χ2n) is 4.73. The van der Waals surface area contributed by atoms with Gasteiger partial charge in [0.05, 0.1) is 5.69 Å². The van der Waals surface area contributed by atoms with E-state index < -0.39 is 0 Å². The molecule has 0 unspecified atom stereocenters. The molecule has 0 radical (unpaired) electrons. The van der Waals surface area contributed by atoms with Crippen molar-refractivity contribution in [3.8, 4) is 0 Å². The third kappa shape index (κ3) is 2.96. The summed E-state index contributed by atoms with van der Waals surface area (Å²) in [6.07, 6.45) is 1.84. The summed E-state index contributed by atoms with van der Waals surface area (Å²) in [7, 11) is 0. The number of nitrogens with zero attached hydrogens (tertiary/aromatic N) is 1. The van der Waals surface area contributed by atoms with Crippen LogP contribution in [0.1, 0.15) is 35.3 Å². The highest BCUT2D eigenvalue weighted by Crippen LogP contribution is 2.15. The lowest BCUT2D eigenvalue weighted by molar-refractivity contribution is 0.559. The topological polar surface area (TPSA) is 24.9 Å². The van der Waals surface area contributed by atoms with Gasteiger partial charge in [-0.2, -0.15) is 0 Å². The number of benzene rings is 1. The number of aryl methyl sites for hydroxylation is 2. The minimum absolute atomic E-state index is 0.269. The minimum Gasteiger partial charge on any atom is -0.305 e. The van der Waals surface area contributed by atoms with Crippen molar-refractivity contribution >= 4 is 0 Å². The molecule has 1 heterocycles. The zero-order valence-corrected chi connectivity index (χ0v) is 11.3. The Bertz CT molecular complexity index is 486. The summed E-state index contributed by atoms with van der Waals surface area (Å²) in [6.45, 7) is 7.36. The zero-order valence-electron chi connectivity index (χ0n) is 11.3. The first-order chi connectivity index (χ1) is 8.68. The molecule has 0 aliphatic carbocycles. The fourth-order valence-corrected chi connectivity index (χ4v) is 2.12. The predicted molar refractivity (Wildman–Crippen MR) is 75.4 cm³/mol. The SMILES string of the molecule is Cc1cccc(C)c1CN[C@@H](C)c1ccccn1. The monoisotopic (exact) mass is 240 g/mol. The van der Waals surface area contributed by atoms with Gasteiger partial charge < -0.3 is 5.32 Å². The highest BCUT2D eigenvalue weighted by molar-refractivity contribution is 5.33. The predicted octanol–water partition coefficient (Wildman–Crippen LogP) is 3.55. The molecule has 0 fully saturated rings. The maximum absolute atomic E-state index is 4.37. The lowest BCUT2D eigenvalue weighted by Gasteiger charge is -2.16. The number of aromatic nitrogens is 1. The van der Waals surface area contributed by atoms with Crippen LogP contribution in [-0.4, -0.2) is 4.98 Å². The number of hydrogen-bond acceptors (Lipinski definition) is 2. The van der Waals surface area contributed by atoms with Crippen LogP contribution < -0.4 is 5.32 Å². The zero-order chi connectivity index (χ0) is 13.0. The van der Waals surface area contributed by atoms with Crippen LogP contribution in [0.4, 0.5) is 0 Å². The number of pyridine rings is 1. The van der Waals surface area contributed by atoms with E-state index in [0.29, 0.717) is 0 Å². The molecule has 2 nitrogen and oxygen atoms in total. The summed E-state index contributed by atoms with van der Waals surface area (Å²) in [5, 5.41) is 3.53. The van der Waals surface area contributed by atoms with Gasteiger partial charge in [0, 0.05) is 18.8 Å². The third-order valence-corrected chi connectivity index (χ3v) is 3.36. The quantitative estimate of drug-likeness (QED) is 0.884. The Balaban J connectivity index is 2.04. The summed E-state index contributed by atoms with van der Waals surface area (Å²) in [5.41, 5.74) is 5.16. The normalized spacial score (nSPS) is 12.4. The number of nitrogens with one attached hydrogen (secondary N) is 1. The standard InChI is InChI=1S/C16H20N2/c1-12-7-6-8-13(2)15(12)11-18-14(3)16-9-4-5-10-17-16/h4-10,14,18H,11H2,1-3H3/t14-/m0/s1. The van der Waals surface area contributed by atoms with Gasteiger partial charge in [-0.25, -0.2) is 0 Å². The van der Waals surface area contributed by atoms with Crippen molar-refractivity contribution < 1.29 is 0 Å². The Kier molecular flexibility index (Phi) is 4.11. The van der Waals surface area contributed by atoms with Gasteiger partial charge in [-0.3, -0.25) is 4.98 Å². The van der Waals surface area contributed by atoms with Crippen molar-refractivity contribution in [2.24, 2.45) is 0 Å². The van der Waals surface area contributed by atoms with Crippen molar-refractivity contribution in [3.05, 3.63) is 65.0 Å². The van der Waals surface area contributed by atoms with E-state index in [4.69, 9.17) is 0 Å². The summed E-state index contributed by atoms with van der Waals surface area (Å²) in [5.74, 6) is 0. The Morgan fingerprint density at radius 2 is 1.78 bits per heavy atom. The Morgan fingerprint density at radius 1 is 1.06 bits per heavy atom. The molecule has 0 aliphatic rings. The number of rotatable bonds is 4. The average molecular weight is 240 g/mol. The van der Waals surface area contributed by atoms with Crippen LogP contribution in [0.2, 0.25) is 0 Å². The molecule has 2 aromatic rings. The molecule has 1 N–H and O–H groups in total. The van der Waals surface area contributed by atoms with Gasteiger partial charge in [0.15, 0.2) is 0 Å². The van der Waals surface area contributed by atoms with Crippen molar-refractivity contribution in [1.29, 1.82) is 0 Å². The molecule has 1 aromatic heterocycles. The number of hydrogen-bond donors (Lipinski definition) is 1. The first-order valence-electron chi connectivity index (χ1n) is 6.38. The van der Waals surface area contributed by atoms with E-state index in [2.05, 4.69) is 55.3 Å². The summed E-state index contributed by atoms with van der Waals surface area (Å²) in [4.78, 5) is 4.37. The highest BCUT2D eigenvalue weighted by Gasteiger charge is 2.07. The molecule has 0 aliphatic heterocycles. The first-order valence-corrected chi connectivity index (χ1v) is 6.38. The highest BCUT2D eigenvalue weighted by atomic mass is 14.9. The van der Waals surface area contributed by atoms with Crippen LogP contribution in [-0.2, 0) is 6.54 Å². The van der Waals surface area contributed by atoms with Crippen molar-refractivity contribution in [2.75, 3.05) is 0 Å². The van der Waals surface area contributed by atoms with E-state index in [9.17, 15) is 0 Å². The third-order valence-electron chi connectivity index (χ3n) is 3.36. The lowest BCUT2D eigenvalue weighted by Crippen LogP contribution is -2.20. The summed E-state index contributed by atoms with van der Waals surface area (Å²) in [6, 6.07) is 12.7. The second-order valence-corrected chi connectivity index (χ2v) is 4.73. The van der Waals surface area contributed by atoms with E-state index in [1.807, 2.05) is 18.3 Å². The molecule has 2 heteroatoms. The summed E-state index contributed by atoms with van der Waals surface area (Å²) < 4.78 is 0. The van der Waals surface area contributed by atoms with E-state index in [0.717, 1.165) is 12.2 Å². The van der Waals surface area contributed by atoms with Gasteiger partial charge in [-0.15, -0.1) is 0 Å². The van der Waals surface area contributed by atoms with Crippen LogP contribution in [0.15, 0.2) is 42.6 Å². The van der Waals surface area contributed by atoms with Crippen molar-refractivity contribution in [2.45, 2.75) is 33.4 Å². The Hall–Kier alpha value is -1.67. The van der Waals surface area contributed by atoms with Gasteiger partial charge in [0.25, 0.3) is 0 Å². The Labute approximate surface area is 109 Å². The van der Waals surface area contributed by atoms with Gasteiger partial charge >= 0.3 is 0 Å². The average Bonchev–Trinajstić information content (AvgIpc) is 2.39. The molecule has 1 aromatic carbocycles. The van der Waals surface area contributed by atoms with Gasteiger partial charge in [0.2, 0.25) is 0 Å². The van der Waals surface area contributed by atoms with Crippen LogP contribution in [0.5, 0.6) is 0 Å².